The van der Waals surface area contributed by atoms with Gasteiger partial charge in [-0.2, -0.15) is 13.2 Å². The fraction of sp³-hybridized carbons (Fsp3) is 0.462. The third-order valence-corrected chi connectivity index (χ3v) is 3.50. The van der Waals surface area contributed by atoms with E-state index in [1.54, 1.807) is 6.07 Å². The predicted octanol–water partition coefficient (Wildman–Crippen LogP) is 2.62. The van der Waals surface area contributed by atoms with Crippen molar-refractivity contribution in [1.82, 2.24) is 5.32 Å². The number of amides is 1. The lowest BCUT2D eigenvalue weighted by molar-refractivity contribution is -0.117. The Morgan fingerprint density at radius 1 is 1.48 bits per heavy atom. The van der Waals surface area contributed by atoms with Gasteiger partial charge in [0.05, 0.1) is 13.2 Å². The van der Waals surface area contributed by atoms with Crippen LogP contribution in [0, 0.1) is 0 Å². The molecule has 0 bridgehead atoms. The number of carbonyl (C=O) groups excluding carboxylic acids is 1. The Hall–Kier alpha value is -1.25. The molecule has 2 rings (SSSR count). The van der Waals surface area contributed by atoms with Crippen molar-refractivity contribution >= 4 is 23.4 Å². The molecule has 21 heavy (non-hydrogen) atoms. The molecule has 1 amide bonds. The maximum absolute atomic E-state index is 12.3. The van der Waals surface area contributed by atoms with Gasteiger partial charge in [-0.25, -0.2) is 0 Å². The third kappa shape index (κ3) is 5.94. The monoisotopic (exact) mass is 320 g/mol. The molecule has 1 aliphatic heterocycles. The van der Waals surface area contributed by atoms with Crippen LogP contribution in [0.25, 0.3) is 0 Å². The van der Waals surface area contributed by atoms with E-state index in [9.17, 15) is 18.0 Å². The first-order chi connectivity index (χ1) is 9.92. The maximum atomic E-state index is 12.3. The summed E-state index contributed by atoms with van der Waals surface area (Å²) in [5, 5.41) is 5.74. The van der Waals surface area contributed by atoms with Crippen molar-refractivity contribution in [3.05, 3.63) is 24.3 Å². The summed E-state index contributed by atoms with van der Waals surface area (Å²) < 4.78 is 42.1. The lowest BCUT2D eigenvalue weighted by atomic mass is 10.2. The summed E-state index contributed by atoms with van der Waals surface area (Å²) in [6.45, 7) is 1.77. The normalized spacial score (nSPS) is 19.3. The lowest BCUT2D eigenvalue weighted by Crippen LogP contribution is -2.43. The molecule has 0 saturated carbocycles. The summed E-state index contributed by atoms with van der Waals surface area (Å²) in [6.07, 6.45) is 0.219. The van der Waals surface area contributed by atoms with Gasteiger partial charge >= 0.3 is 5.51 Å². The number of thioether (sulfide) groups is 1. The van der Waals surface area contributed by atoms with Crippen LogP contribution in [0.3, 0.4) is 0 Å². The van der Waals surface area contributed by atoms with Crippen LogP contribution in [-0.2, 0) is 9.53 Å². The molecule has 0 spiro atoms. The summed E-state index contributed by atoms with van der Waals surface area (Å²) in [5.41, 5.74) is -3.99. The molecule has 0 radical (unpaired) electrons. The molecule has 1 fully saturated rings. The number of rotatable bonds is 4. The van der Waals surface area contributed by atoms with Crippen molar-refractivity contribution in [3.63, 3.8) is 0 Å². The molecule has 8 heteroatoms. The molecule has 1 aliphatic rings. The van der Waals surface area contributed by atoms with Crippen LogP contribution in [0.1, 0.15) is 6.42 Å². The zero-order valence-electron chi connectivity index (χ0n) is 11.1. The minimum absolute atomic E-state index is 0.0411. The number of hydrogen-bond acceptors (Lipinski definition) is 4. The van der Waals surface area contributed by atoms with Crippen molar-refractivity contribution < 1.29 is 22.7 Å². The number of ether oxygens (including phenoxy) is 1. The summed E-state index contributed by atoms with van der Waals surface area (Å²) in [7, 11) is 0. The van der Waals surface area contributed by atoms with Crippen LogP contribution < -0.4 is 10.6 Å². The molecule has 1 heterocycles. The summed E-state index contributed by atoms with van der Waals surface area (Å²) >= 11 is -0.206. The van der Waals surface area contributed by atoms with Crippen LogP contribution in [0.4, 0.5) is 18.9 Å². The molecule has 2 N–H and O–H groups in total. The second-order valence-electron chi connectivity index (χ2n) is 4.55. The van der Waals surface area contributed by atoms with E-state index in [-0.39, 0.29) is 35.0 Å². The molecule has 0 aromatic heterocycles. The summed E-state index contributed by atoms with van der Waals surface area (Å²) in [5.74, 6) is -0.257. The number of hydrogen-bond donors (Lipinski definition) is 2. The third-order valence-electron chi connectivity index (χ3n) is 2.78. The quantitative estimate of drug-likeness (QED) is 0.838. The molecule has 1 saturated heterocycles. The molecule has 116 valence electrons. The fourth-order valence-corrected chi connectivity index (χ4v) is 2.56. The highest BCUT2D eigenvalue weighted by molar-refractivity contribution is 8.00. The Morgan fingerprint density at radius 2 is 2.29 bits per heavy atom. The summed E-state index contributed by atoms with van der Waals surface area (Å²) in [6, 6.07) is 5.63. The molecular formula is C13H15F3N2O2S. The number of carbonyl (C=O) groups is 1. The molecule has 0 aliphatic carbocycles. The Kier molecular flexibility index (Phi) is 5.49. The van der Waals surface area contributed by atoms with Gasteiger partial charge in [-0.3, -0.25) is 4.79 Å². The van der Waals surface area contributed by atoms with Crippen molar-refractivity contribution in [3.8, 4) is 0 Å². The van der Waals surface area contributed by atoms with Crippen LogP contribution in [-0.4, -0.2) is 37.2 Å². The minimum Gasteiger partial charge on any atom is -0.378 e. The van der Waals surface area contributed by atoms with Crippen LogP contribution >= 0.6 is 11.8 Å². The van der Waals surface area contributed by atoms with E-state index in [2.05, 4.69) is 10.6 Å². The minimum atomic E-state index is -4.34. The van der Waals surface area contributed by atoms with E-state index in [1.165, 1.54) is 18.2 Å². The molecule has 1 aromatic rings. The molecule has 1 atom stereocenters. The number of nitrogens with one attached hydrogen (secondary N) is 2. The standard InChI is InChI=1S/C13H15F3N2O2S/c14-13(15,16)21-11-3-1-2-9(6-11)18-12(19)7-10-8-20-5-4-17-10/h1-3,6,10,17H,4-5,7-8H2,(H,18,19)/t10-/m1/s1. The van der Waals surface area contributed by atoms with E-state index >= 15 is 0 Å². The number of anilines is 1. The van der Waals surface area contributed by atoms with Gasteiger partial charge < -0.3 is 15.4 Å². The first kappa shape index (κ1) is 16.1. The average Bonchev–Trinajstić information content (AvgIpc) is 2.38. The number of halogens is 3. The van der Waals surface area contributed by atoms with Gasteiger partial charge in [0.25, 0.3) is 0 Å². The second kappa shape index (κ2) is 7.15. The van der Waals surface area contributed by atoms with Gasteiger partial charge in [0.15, 0.2) is 0 Å². The molecular weight excluding hydrogens is 305 g/mol. The Morgan fingerprint density at radius 3 is 2.95 bits per heavy atom. The first-order valence-corrected chi connectivity index (χ1v) is 7.21. The van der Waals surface area contributed by atoms with E-state index in [1.807, 2.05) is 0 Å². The first-order valence-electron chi connectivity index (χ1n) is 6.39. The molecule has 0 unspecified atom stereocenters. The topological polar surface area (TPSA) is 50.4 Å². The van der Waals surface area contributed by atoms with Gasteiger partial charge in [0.1, 0.15) is 0 Å². The van der Waals surface area contributed by atoms with E-state index in [4.69, 9.17) is 4.74 Å². The summed E-state index contributed by atoms with van der Waals surface area (Å²) in [4.78, 5) is 11.9. The van der Waals surface area contributed by atoms with Crippen LogP contribution in [0.15, 0.2) is 29.2 Å². The number of benzene rings is 1. The van der Waals surface area contributed by atoms with Gasteiger partial charge in [0.2, 0.25) is 5.91 Å². The van der Waals surface area contributed by atoms with Gasteiger partial charge in [-0.1, -0.05) is 6.07 Å². The lowest BCUT2D eigenvalue weighted by Gasteiger charge is -2.23. The zero-order chi connectivity index (χ0) is 15.3. The Labute approximate surface area is 124 Å². The van der Waals surface area contributed by atoms with Crippen molar-refractivity contribution in [2.24, 2.45) is 0 Å². The smallest absolute Gasteiger partial charge is 0.378 e. The fourth-order valence-electron chi connectivity index (χ4n) is 1.96. The average molecular weight is 320 g/mol. The highest BCUT2D eigenvalue weighted by atomic mass is 32.2. The van der Waals surface area contributed by atoms with Crippen molar-refractivity contribution in [2.75, 3.05) is 25.1 Å². The van der Waals surface area contributed by atoms with Gasteiger partial charge in [-0.15, -0.1) is 0 Å². The highest BCUT2D eigenvalue weighted by Gasteiger charge is 2.29. The second-order valence-corrected chi connectivity index (χ2v) is 5.69. The predicted molar refractivity (Wildman–Crippen MR) is 74.2 cm³/mol. The van der Waals surface area contributed by atoms with E-state index < -0.39 is 5.51 Å². The van der Waals surface area contributed by atoms with E-state index in [0.29, 0.717) is 25.4 Å². The Balaban J connectivity index is 1.89. The van der Waals surface area contributed by atoms with Gasteiger partial charge in [0, 0.05) is 29.6 Å². The zero-order valence-corrected chi connectivity index (χ0v) is 11.9. The largest absolute Gasteiger partial charge is 0.446 e. The van der Waals surface area contributed by atoms with Crippen molar-refractivity contribution in [1.29, 1.82) is 0 Å². The van der Waals surface area contributed by atoms with E-state index in [0.717, 1.165) is 0 Å². The van der Waals surface area contributed by atoms with Crippen LogP contribution in [0.2, 0.25) is 0 Å². The highest BCUT2D eigenvalue weighted by Crippen LogP contribution is 2.37. The number of morpholine rings is 1. The molecule has 4 nitrogen and oxygen atoms in total. The maximum Gasteiger partial charge on any atom is 0.446 e. The number of alkyl halides is 3. The van der Waals surface area contributed by atoms with Crippen LogP contribution in [0.5, 0.6) is 0 Å². The van der Waals surface area contributed by atoms with Crippen molar-refractivity contribution in [2.45, 2.75) is 22.9 Å². The molecule has 1 aromatic carbocycles. The van der Waals surface area contributed by atoms with Gasteiger partial charge in [-0.05, 0) is 30.0 Å². The SMILES string of the molecule is O=C(C[C@@H]1COCCN1)Nc1cccc(SC(F)(F)F)c1. The Bertz CT molecular complexity index is 491.